The first-order valence-corrected chi connectivity index (χ1v) is 8.87. The van der Waals surface area contributed by atoms with E-state index in [2.05, 4.69) is 4.90 Å². The Hall–Kier alpha value is -0.420. The van der Waals surface area contributed by atoms with E-state index in [1.54, 1.807) is 0 Å². The van der Waals surface area contributed by atoms with E-state index >= 15 is 0 Å². The molecule has 3 atom stereocenters. The molecule has 0 amide bonds. The van der Waals surface area contributed by atoms with Gasteiger partial charge in [0.15, 0.2) is 9.84 Å². The highest BCUT2D eigenvalue weighted by Crippen LogP contribution is 2.36. The molecule has 5 heteroatoms. The summed E-state index contributed by atoms with van der Waals surface area (Å²) in [5, 5.41) is 0. The molecule has 0 radical (unpaired) electrons. The van der Waals surface area contributed by atoms with Crippen molar-refractivity contribution in [2.24, 2.45) is 0 Å². The fourth-order valence-electron chi connectivity index (χ4n) is 4.04. The first-order valence-electron chi connectivity index (χ1n) is 7.05. The van der Waals surface area contributed by atoms with E-state index in [-0.39, 0.29) is 6.04 Å². The molecule has 0 N–H and O–H groups in total. The van der Waals surface area contributed by atoms with Crippen molar-refractivity contribution in [3.63, 3.8) is 0 Å². The summed E-state index contributed by atoms with van der Waals surface area (Å²) in [5.41, 5.74) is 0. The number of nitrogens with zero attached hydrogens (tertiary/aromatic N) is 1. The van der Waals surface area contributed by atoms with Gasteiger partial charge in [-0.25, -0.2) is 8.42 Å². The van der Waals surface area contributed by atoms with Crippen LogP contribution in [0.4, 0.5) is 0 Å². The van der Waals surface area contributed by atoms with Crippen LogP contribution in [0.5, 0.6) is 0 Å². The highest BCUT2D eigenvalue weighted by Gasteiger charge is 2.43. The van der Waals surface area contributed by atoms with Crippen LogP contribution in [-0.4, -0.2) is 48.7 Å². The molecule has 102 valence electrons. The summed E-state index contributed by atoms with van der Waals surface area (Å²) in [5.74, 6) is 1.04. The average molecular weight is 271 g/mol. The van der Waals surface area contributed by atoms with Crippen molar-refractivity contribution < 1.29 is 13.2 Å². The van der Waals surface area contributed by atoms with Crippen molar-refractivity contribution in [2.45, 2.75) is 63.1 Å². The Morgan fingerprint density at radius 1 is 0.944 bits per heavy atom. The number of piperidine rings is 2. The minimum atomic E-state index is -2.85. The number of ketones is 1. The second-order valence-electron chi connectivity index (χ2n) is 6.04. The molecular weight excluding hydrogens is 250 g/mol. The van der Waals surface area contributed by atoms with Gasteiger partial charge in [0.1, 0.15) is 5.78 Å². The number of fused-ring (bicyclic) bond motifs is 2. The monoisotopic (exact) mass is 271 g/mol. The average Bonchev–Trinajstić information content (AvgIpc) is 2.26. The van der Waals surface area contributed by atoms with Crippen LogP contribution in [0.3, 0.4) is 0 Å². The number of carbonyl (C=O) groups is 1. The summed E-state index contributed by atoms with van der Waals surface area (Å²) in [4.78, 5) is 14.1. The van der Waals surface area contributed by atoms with Crippen molar-refractivity contribution in [1.82, 2.24) is 4.90 Å². The molecule has 0 spiro atoms. The van der Waals surface area contributed by atoms with E-state index in [0.717, 1.165) is 25.7 Å². The summed E-state index contributed by atoms with van der Waals surface area (Å²) in [7, 11) is -2.85. The lowest BCUT2D eigenvalue weighted by Crippen LogP contribution is -2.59. The van der Waals surface area contributed by atoms with Crippen molar-refractivity contribution in [3.8, 4) is 0 Å². The van der Waals surface area contributed by atoms with Gasteiger partial charge in [0.2, 0.25) is 0 Å². The van der Waals surface area contributed by atoms with Gasteiger partial charge in [-0.05, 0) is 25.7 Å². The van der Waals surface area contributed by atoms with Crippen LogP contribution >= 0.6 is 0 Å². The highest BCUT2D eigenvalue weighted by molar-refractivity contribution is 7.91. The number of rotatable bonds is 1. The minimum absolute atomic E-state index is 0.173. The zero-order chi connectivity index (χ0) is 12.8. The Morgan fingerprint density at radius 2 is 1.56 bits per heavy atom. The third-order valence-corrected chi connectivity index (χ3v) is 6.51. The largest absolute Gasteiger partial charge is 0.300 e. The van der Waals surface area contributed by atoms with Crippen LogP contribution in [0.2, 0.25) is 0 Å². The van der Waals surface area contributed by atoms with Gasteiger partial charge in [-0.1, -0.05) is 6.42 Å². The molecule has 0 aromatic rings. The predicted molar refractivity (Wildman–Crippen MR) is 69.2 cm³/mol. The Labute approximate surface area is 109 Å². The predicted octanol–water partition coefficient (Wildman–Crippen LogP) is 1.15. The van der Waals surface area contributed by atoms with Gasteiger partial charge in [-0.15, -0.1) is 0 Å². The number of carbonyl (C=O) groups excluding carboxylic acids is 1. The summed E-state index contributed by atoms with van der Waals surface area (Å²) in [6, 6.07) is 0.818. The fraction of sp³-hybridized carbons (Fsp3) is 0.923. The number of hydrogen-bond acceptors (Lipinski definition) is 4. The van der Waals surface area contributed by atoms with E-state index in [1.807, 2.05) is 0 Å². The molecular formula is C13H21NO3S. The fourth-order valence-corrected chi connectivity index (χ4v) is 5.74. The van der Waals surface area contributed by atoms with Gasteiger partial charge in [0.25, 0.3) is 0 Å². The SMILES string of the molecule is O=C1CC2CCCC(C1)N2C1CCCS(=O)(=O)C1. The smallest absolute Gasteiger partial charge is 0.151 e. The molecule has 3 unspecified atom stereocenters. The van der Waals surface area contributed by atoms with Crippen molar-refractivity contribution in [1.29, 1.82) is 0 Å². The van der Waals surface area contributed by atoms with E-state index in [9.17, 15) is 13.2 Å². The second-order valence-corrected chi connectivity index (χ2v) is 8.27. The lowest BCUT2D eigenvalue weighted by atomic mass is 9.82. The Kier molecular flexibility index (Phi) is 3.22. The van der Waals surface area contributed by atoms with Crippen molar-refractivity contribution in [3.05, 3.63) is 0 Å². The lowest BCUT2D eigenvalue weighted by molar-refractivity contribution is -0.128. The quantitative estimate of drug-likeness (QED) is 0.718. The van der Waals surface area contributed by atoms with Crippen molar-refractivity contribution in [2.75, 3.05) is 11.5 Å². The molecule has 3 saturated heterocycles. The van der Waals surface area contributed by atoms with Crippen molar-refractivity contribution >= 4 is 15.6 Å². The molecule has 4 nitrogen and oxygen atoms in total. The van der Waals surface area contributed by atoms with Crippen LogP contribution < -0.4 is 0 Å². The maximum absolute atomic E-state index is 11.8. The molecule has 3 heterocycles. The van der Waals surface area contributed by atoms with E-state index < -0.39 is 9.84 Å². The molecule has 3 rings (SSSR count). The third-order valence-electron chi connectivity index (χ3n) is 4.71. The number of Topliss-reactive ketones (excluding diaryl/α,β-unsaturated/α-hetero) is 1. The Morgan fingerprint density at radius 3 is 2.17 bits per heavy atom. The molecule has 0 aliphatic carbocycles. The van der Waals surface area contributed by atoms with Gasteiger partial charge in [0.05, 0.1) is 11.5 Å². The van der Waals surface area contributed by atoms with E-state index in [4.69, 9.17) is 0 Å². The summed E-state index contributed by atoms with van der Waals surface area (Å²) < 4.78 is 23.6. The molecule has 3 fully saturated rings. The van der Waals surface area contributed by atoms with Crippen LogP contribution in [0.25, 0.3) is 0 Å². The Balaban J connectivity index is 1.80. The van der Waals surface area contributed by atoms with Crippen LogP contribution in [0.15, 0.2) is 0 Å². The Bertz CT molecular complexity index is 429. The molecule has 3 aliphatic heterocycles. The molecule has 18 heavy (non-hydrogen) atoms. The number of sulfone groups is 1. The molecule has 0 saturated carbocycles. The summed E-state index contributed by atoms with van der Waals surface area (Å²) in [6.45, 7) is 0. The number of hydrogen-bond donors (Lipinski definition) is 0. The van der Waals surface area contributed by atoms with E-state index in [0.29, 0.717) is 42.2 Å². The summed E-state index contributed by atoms with van der Waals surface area (Å²) >= 11 is 0. The second kappa shape index (κ2) is 4.60. The topological polar surface area (TPSA) is 54.5 Å². The van der Waals surface area contributed by atoms with Gasteiger partial charge in [-0.2, -0.15) is 0 Å². The van der Waals surface area contributed by atoms with Gasteiger partial charge in [0, 0.05) is 31.0 Å². The molecule has 2 bridgehead atoms. The maximum Gasteiger partial charge on any atom is 0.151 e. The standard InChI is InChI=1S/C13H21NO3S/c15-13-7-10-3-1-4-11(8-13)14(10)12-5-2-6-18(16,17)9-12/h10-12H,1-9H2. The molecule has 3 aliphatic rings. The van der Waals surface area contributed by atoms with Crippen LogP contribution in [0.1, 0.15) is 44.9 Å². The minimum Gasteiger partial charge on any atom is -0.300 e. The molecule has 0 aromatic carbocycles. The van der Waals surface area contributed by atoms with Gasteiger partial charge >= 0.3 is 0 Å². The summed E-state index contributed by atoms with van der Waals surface area (Å²) in [6.07, 6.45) is 6.40. The normalized spacial score (nSPS) is 40.7. The maximum atomic E-state index is 11.8. The first kappa shape index (κ1) is 12.6. The van der Waals surface area contributed by atoms with Gasteiger partial charge in [-0.3, -0.25) is 9.69 Å². The van der Waals surface area contributed by atoms with Crippen LogP contribution in [-0.2, 0) is 14.6 Å². The lowest BCUT2D eigenvalue weighted by Gasteiger charge is -2.50. The van der Waals surface area contributed by atoms with Gasteiger partial charge < -0.3 is 0 Å². The zero-order valence-corrected chi connectivity index (χ0v) is 11.5. The molecule has 0 aromatic heterocycles. The zero-order valence-electron chi connectivity index (χ0n) is 10.7. The third kappa shape index (κ3) is 2.35. The highest BCUT2D eigenvalue weighted by atomic mass is 32.2. The van der Waals surface area contributed by atoms with E-state index in [1.165, 1.54) is 6.42 Å². The first-order chi connectivity index (χ1) is 8.55. The van der Waals surface area contributed by atoms with Crippen LogP contribution in [0, 0.1) is 0 Å².